The van der Waals surface area contributed by atoms with Gasteiger partial charge in [0.05, 0.1) is 25.0 Å². The fourth-order valence-corrected chi connectivity index (χ4v) is 3.58. The number of benzene rings is 1. The Kier molecular flexibility index (Phi) is 6.24. The summed E-state index contributed by atoms with van der Waals surface area (Å²) in [5, 5.41) is 14.6. The van der Waals surface area contributed by atoms with Gasteiger partial charge in [0, 0.05) is 31.9 Å². The molecule has 0 radical (unpaired) electrons. The number of aliphatic hydroxyl groups is 1. The van der Waals surface area contributed by atoms with Crippen LogP contribution in [0.15, 0.2) is 36.7 Å². The van der Waals surface area contributed by atoms with Crippen molar-refractivity contribution in [3.8, 4) is 0 Å². The largest absolute Gasteiger partial charge is 0.389 e. The van der Waals surface area contributed by atoms with E-state index in [1.54, 1.807) is 0 Å². The molecule has 0 spiro atoms. The summed E-state index contributed by atoms with van der Waals surface area (Å²) >= 11 is 0. The van der Waals surface area contributed by atoms with Gasteiger partial charge in [-0.25, -0.2) is 0 Å². The van der Waals surface area contributed by atoms with Gasteiger partial charge in [-0.3, -0.25) is 9.58 Å². The third kappa shape index (κ3) is 4.91. The molecule has 2 unspecified atom stereocenters. The Balaban J connectivity index is 1.50. The normalized spacial score (nSPS) is 18.3. The molecule has 2 atom stereocenters. The summed E-state index contributed by atoms with van der Waals surface area (Å²) < 4.78 is 7.89. The molecular formula is C20H29N3O2. The van der Waals surface area contributed by atoms with Gasteiger partial charge in [-0.05, 0) is 36.9 Å². The van der Waals surface area contributed by atoms with Gasteiger partial charge in [0.1, 0.15) is 0 Å². The standard InChI is InChI=1S/C20H29N3O2/c1-3-23(13-16-11-21-22(2)12-16)14-18(24)15-25-20-10-6-8-17-7-4-5-9-19(17)20/h4-5,7,9,11-12,18,20,24H,3,6,8,10,13-15H2,1-2H3. The van der Waals surface area contributed by atoms with Crippen molar-refractivity contribution in [3.05, 3.63) is 53.3 Å². The Labute approximate surface area is 150 Å². The van der Waals surface area contributed by atoms with Gasteiger partial charge < -0.3 is 9.84 Å². The summed E-state index contributed by atoms with van der Waals surface area (Å²) in [6.07, 6.45) is 6.86. The Morgan fingerprint density at radius 1 is 1.40 bits per heavy atom. The van der Waals surface area contributed by atoms with Crippen molar-refractivity contribution in [3.63, 3.8) is 0 Å². The third-order valence-corrected chi connectivity index (χ3v) is 4.88. The molecule has 1 aromatic carbocycles. The predicted octanol–water partition coefficient (Wildman–Crippen LogP) is 2.70. The van der Waals surface area contributed by atoms with E-state index in [9.17, 15) is 5.11 Å². The number of aryl methyl sites for hydroxylation is 2. The Morgan fingerprint density at radius 2 is 2.24 bits per heavy atom. The molecule has 0 fully saturated rings. The zero-order valence-corrected chi connectivity index (χ0v) is 15.3. The van der Waals surface area contributed by atoms with Crippen LogP contribution in [0.25, 0.3) is 0 Å². The molecule has 3 rings (SSSR count). The maximum absolute atomic E-state index is 10.4. The third-order valence-electron chi connectivity index (χ3n) is 4.88. The van der Waals surface area contributed by atoms with Crippen LogP contribution in [0.4, 0.5) is 0 Å². The lowest BCUT2D eigenvalue weighted by atomic mass is 9.89. The van der Waals surface area contributed by atoms with Crippen molar-refractivity contribution in [2.24, 2.45) is 7.05 Å². The molecule has 25 heavy (non-hydrogen) atoms. The summed E-state index contributed by atoms with van der Waals surface area (Å²) in [6.45, 7) is 4.79. The first-order chi connectivity index (χ1) is 12.2. The fraction of sp³-hybridized carbons (Fsp3) is 0.550. The second-order valence-electron chi connectivity index (χ2n) is 6.92. The number of nitrogens with zero attached hydrogens (tertiary/aromatic N) is 3. The maximum atomic E-state index is 10.4. The van der Waals surface area contributed by atoms with Crippen LogP contribution >= 0.6 is 0 Å². The Hall–Kier alpha value is -1.69. The quantitative estimate of drug-likeness (QED) is 0.801. The second kappa shape index (κ2) is 8.61. The minimum Gasteiger partial charge on any atom is -0.389 e. The van der Waals surface area contributed by atoms with Gasteiger partial charge in [-0.2, -0.15) is 5.10 Å². The highest BCUT2D eigenvalue weighted by molar-refractivity contribution is 5.31. The molecule has 0 amide bonds. The minimum atomic E-state index is -0.481. The number of hydrogen-bond donors (Lipinski definition) is 1. The average molecular weight is 343 g/mol. The molecule has 5 heteroatoms. The van der Waals surface area contributed by atoms with Crippen LogP contribution in [0.3, 0.4) is 0 Å². The van der Waals surface area contributed by atoms with E-state index in [-0.39, 0.29) is 6.10 Å². The molecule has 1 aromatic heterocycles. The van der Waals surface area contributed by atoms with Crippen molar-refractivity contribution in [1.29, 1.82) is 0 Å². The number of aromatic nitrogens is 2. The highest BCUT2D eigenvalue weighted by Gasteiger charge is 2.21. The van der Waals surface area contributed by atoms with E-state index >= 15 is 0 Å². The summed E-state index contributed by atoms with van der Waals surface area (Å²) in [6, 6.07) is 8.51. The van der Waals surface area contributed by atoms with Gasteiger partial charge in [-0.1, -0.05) is 31.2 Å². The number of aliphatic hydroxyl groups excluding tert-OH is 1. The predicted molar refractivity (Wildman–Crippen MR) is 98.2 cm³/mol. The van der Waals surface area contributed by atoms with E-state index < -0.39 is 6.10 Å². The minimum absolute atomic E-state index is 0.119. The summed E-state index contributed by atoms with van der Waals surface area (Å²) in [7, 11) is 1.92. The van der Waals surface area contributed by atoms with Crippen molar-refractivity contribution < 1.29 is 9.84 Å². The van der Waals surface area contributed by atoms with Crippen molar-refractivity contribution in [1.82, 2.24) is 14.7 Å². The average Bonchev–Trinajstić information content (AvgIpc) is 3.04. The molecule has 1 heterocycles. The van der Waals surface area contributed by atoms with Crippen LogP contribution < -0.4 is 0 Å². The molecule has 2 aromatic rings. The first-order valence-corrected chi connectivity index (χ1v) is 9.23. The van der Waals surface area contributed by atoms with E-state index in [0.717, 1.165) is 32.4 Å². The van der Waals surface area contributed by atoms with Crippen LogP contribution in [0.5, 0.6) is 0 Å². The van der Waals surface area contributed by atoms with E-state index in [0.29, 0.717) is 13.2 Å². The van der Waals surface area contributed by atoms with Crippen LogP contribution in [0, 0.1) is 0 Å². The fourth-order valence-electron chi connectivity index (χ4n) is 3.58. The molecule has 5 nitrogen and oxygen atoms in total. The van der Waals surface area contributed by atoms with E-state index in [2.05, 4.69) is 41.2 Å². The van der Waals surface area contributed by atoms with Gasteiger partial charge in [0.25, 0.3) is 0 Å². The Morgan fingerprint density at radius 3 is 3.00 bits per heavy atom. The highest BCUT2D eigenvalue weighted by Crippen LogP contribution is 2.32. The van der Waals surface area contributed by atoms with Gasteiger partial charge >= 0.3 is 0 Å². The monoisotopic (exact) mass is 343 g/mol. The summed E-state index contributed by atoms with van der Waals surface area (Å²) in [5.41, 5.74) is 3.85. The van der Waals surface area contributed by atoms with E-state index in [1.807, 2.05) is 24.1 Å². The molecular weight excluding hydrogens is 314 g/mol. The molecule has 0 saturated heterocycles. The molecule has 1 aliphatic rings. The van der Waals surface area contributed by atoms with Crippen LogP contribution in [-0.2, 0) is 24.8 Å². The van der Waals surface area contributed by atoms with Crippen LogP contribution in [0.1, 0.15) is 42.6 Å². The van der Waals surface area contributed by atoms with Gasteiger partial charge in [0.15, 0.2) is 0 Å². The number of rotatable bonds is 8. The van der Waals surface area contributed by atoms with Crippen LogP contribution in [-0.4, -0.2) is 45.6 Å². The lowest BCUT2D eigenvalue weighted by Crippen LogP contribution is -2.35. The first kappa shape index (κ1) is 18.1. The van der Waals surface area contributed by atoms with E-state index in [4.69, 9.17) is 4.74 Å². The first-order valence-electron chi connectivity index (χ1n) is 9.23. The molecule has 1 N–H and O–H groups in total. The number of ether oxygens (including phenoxy) is 1. The molecule has 1 aliphatic carbocycles. The summed E-state index contributed by atoms with van der Waals surface area (Å²) in [4.78, 5) is 2.22. The maximum Gasteiger partial charge on any atom is 0.0900 e. The van der Waals surface area contributed by atoms with E-state index in [1.165, 1.54) is 16.7 Å². The SMILES string of the molecule is CCN(Cc1cnn(C)c1)CC(O)COC1CCCc2ccccc21. The number of fused-ring (bicyclic) bond motifs is 1. The summed E-state index contributed by atoms with van der Waals surface area (Å²) in [5.74, 6) is 0. The molecule has 136 valence electrons. The topological polar surface area (TPSA) is 50.5 Å². The number of hydrogen-bond acceptors (Lipinski definition) is 4. The lowest BCUT2D eigenvalue weighted by Gasteiger charge is -2.28. The van der Waals surface area contributed by atoms with Crippen molar-refractivity contribution in [2.45, 2.75) is 44.9 Å². The Bertz CT molecular complexity index is 670. The van der Waals surface area contributed by atoms with Crippen molar-refractivity contribution >= 4 is 0 Å². The van der Waals surface area contributed by atoms with Gasteiger partial charge in [-0.15, -0.1) is 0 Å². The molecule has 0 bridgehead atoms. The number of likely N-dealkylation sites (N-methyl/N-ethyl adjacent to an activating group) is 1. The van der Waals surface area contributed by atoms with Crippen molar-refractivity contribution in [2.75, 3.05) is 19.7 Å². The zero-order chi connectivity index (χ0) is 17.6. The molecule has 0 saturated carbocycles. The lowest BCUT2D eigenvalue weighted by molar-refractivity contribution is -0.0284. The molecule has 0 aliphatic heterocycles. The smallest absolute Gasteiger partial charge is 0.0900 e. The van der Waals surface area contributed by atoms with Gasteiger partial charge in [0.2, 0.25) is 0 Å². The highest BCUT2D eigenvalue weighted by atomic mass is 16.5. The zero-order valence-electron chi connectivity index (χ0n) is 15.3. The van der Waals surface area contributed by atoms with Crippen LogP contribution in [0.2, 0.25) is 0 Å². The second-order valence-corrected chi connectivity index (χ2v) is 6.92.